The topological polar surface area (TPSA) is 59.9 Å². The molecule has 110 valence electrons. The molecule has 2 aromatic rings. The lowest BCUT2D eigenvalue weighted by Crippen LogP contribution is -2.06. The van der Waals surface area contributed by atoms with E-state index in [2.05, 4.69) is 32.8 Å². The number of thioether (sulfide) groups is 1. The number of aryl methyl sites for hydroxylation is 1. The summed E-state index contributed by atoms with van der Waals surface area (Å²) >= 11 is 5.00. The van der Waals surface area contributed by atoms with Gasteiger partial charge in [-0.2, -0.15) is 0 Å². The lowest BCUT2D eigenvalue weighted by Gasteiger charge is -1.98. The van der Waals surface area contributed by atoms with Crippen LogP contribution in [-0.4, -0.2) is 35.4 Å². The van der Waals surface area contributed by atoms with Gasteiger partial charge in [0, 0.05) is 24.8 Å². The summed E-state index contributed by atoms with van der Waals surface area (Å²) in [6.07, 6.45) is 2.22. The smallest absolute Gasteiger partial charge is 0.206 e. The summed E-state index contributed by atoms with van der Waals surface area (Å²) in [6.45, 7) is 3.60. The summed E-state index contributed by atoms with van der Waals surface area (Å²) in [4.78, 5) is 4.60. The largest absolute Gasteiger partial charge is 0.383 e. The SMILES string of the molecule is CCCc1nc(CSc2nnc(NCCOC)s2)cs1. The van der Waals surface area contributed by atoms with Gasteiger partial charge in [-0.25, -0.2) is 4.98 Å². The number of thiazole rings is 1. The number of hydrogen-bond acceptors (Lipinski definition) is 8. The molecule has 2 heterocycles. The molecule has 0 fully saturated rings. The summed E-state index contributed by atoms with van der Waals surface area (Å²) in [6, 6.07) is 0. The normalized spacial score (nSPS) is 10.9. The Bertz CT molecular complexity index is 514. The number of rotatable bonds is 9. The summed E-state index contributed by atoms with van der Waals surface area (Å²) < 4.78 is 5.95. The molecule has 0 aliphatic heterocycles. The van der Waals surface area contributed by atoms with Crippen molar-refractivity contribution >= 4 is 39.6 Å². The van der Waals surface area contributed by atoms with Crippen LogP contribution in [0, 0.1) is 0 Å². The third kappa shape index (κ3) is 5.01. The minimum atomic E-state index is 0.668. The van der Waals surface area contributed by atoms with Crippen molar-refractivity contribution in [3.05, 3.63) is 16.1 Å². The van der Waals surface area contributed by atoms with Crippen molar-refractivity contribution in [3.8, 4) is 0 Å². The fourth-order valence-electron chi connectivity index (χ4n) is 1.48. The zero-order chi connectivity index (χ0) is 14.2. The van der Waals surface area contributed by atoms with Crippen molar-refractivity contribution in [2.24, 2.45) is 0 Å². The number of hydrogen-bond donors (Lipinski definition) is 1. The van der Waals surface area contributed by atoms with E-state index in [1.54, 1.807) is 41.5 Å². The van der Waals surface area contributed by atoms with Crippen molar-refractivity contribution in [1.29, 1.82) is 0 Å². The van der Waals surface area contributed by atoms with Crippen molar-refractivity contribution in [3.63, 3.8) is 0 Å². The minimum Gasteiger partial charge on any atom is -0.383 e. The molecule has 0 aliphatic rings. The average molecular weight is 331 g/mol. The summed E-state index contributed by atoms with van der Waals surface area (Å²) in [7, 11) is 1.68. The molecule has 2 rings (SSSR count). The molecular weight excluding hydrogens is 312 g/mol. The van der Waals surface area contributed by atoms with E-state index in [1.807, 2.05) is 0 Å². The molecule has 0 bridgehead atoms. The first-order valence-electron chi connectivity index (χ1n) is 6.44. The zero-order valence-corrected chi connectivity index (χ0v) is 14.0. The minimum absolute atomic E-state index is 0.668. The molecule has 0 saturated carbocycles. The van der Waals surface area contributed by atoms with Crippen molar-refractivity contribution in [2.75, 3.05) is 25.6 Å². The van der Waals surface area contributed by atoms with Crippen LogP contribution in [0.2, 0.25) is 0 Å². The Labute approximate surface area is 131 Å². The number of methoxy groups -OCH3 is 1. The Morgan fingerprint density at radius 2 is 2.30 bits per heavy atom. The highest BCUT2D eigenvalue weighted by molar-refractivity contribution is 8.00. The maximum Gasteiger partial charge on any atom is 0.206 e. The second-order valence-corrected chi connectivity index (χ2v) is 7.21. The van der Waals surface area contributed by atoms with Gasteiger partial charge in [0.15, 0.2) is 4.34 Å². The quantitative estimate of drug-likeness (QED) is 0.562. The summed E-state index contributed by atoms with van der Waals surface area (Å²) in [5.41, 5.74) is 1.13. The molecule has 0 unspecified atom stereocenters. The monoisotopic (exact) mass is 330 g/mol. The molecule has 0 aliphatic carbocycles. The second kappa shape index (κ2) is 8.56. The Balaban J connectivity index is 1.78. The fourth-order valence-corrected chi connectivity index (χ4v) is 4.15. The maximum absolute atomic E-state index is 4.98. The first kappa shape index (κ1) is 15.7. The van der Waals surface area contributed by atoms with E-state index in [0.29, 0.717) is 6.61 Å². The van der Waals surface area contributed by atoms with Crippen LogP contribution in [0.1, 0.15) is 24.0 Å². The van der Waals surface area contributed by atoms with E-state index >= 15 is 0 Å². The standard InChI is InChI=1S/C12H18N4OS3/c1-3-4-10-14-9(7-18-10)8-19-12-16-15-11(20-12)13-5-6-17-2/h7H,3-6,8H2,1-2H3,(H,13,15). The van der Waals surface area contributed by atoms with E-state index < -0.39 is 0 Å². The van der Waals surface area contributed by atoms with Crippen LogP contribution < -0.4 is 5.32 Å². The van der Waals surface area contributed by atoms with E-state index in [4.69, 9.17) is 4.74 Å². The number of nitrogens with zero attached hydrogens (tertiary/aromatic N) is 3. The molecule has 0 saturated heterocycles. The molecule has 2 aromatic heterocycles. The highest BCUT2D eigenvalue weighted by atomic mass is 32.2. The highest BCUT2D eigenvalue weighted by Gasteiger charge is 2.07. The molecule has 5 nitrogen and oxygen atoms in total. The lowest BCUT2D eigenvalue weighted by molar-refractivity contribution is 0.211. The first-order valence-corrected chi connectivity index (χ1v) is 9.12. The summed E-state index contributed by atoms with van der Waals surface area (Å²) in [5, 5.41) is 15.6. The van der Waals surface area contributed by atoms with Gasteiger partial charge in [0.2, 0.25) is 5.13 Å². The molecule has 0 spiro atoms. The average Bonchev–Trinajstić information content (AvgIpc) is 3.07. The van der Waals surface area contributed by atoms with Gasteiger partial charge >= 0.3 is 0 Å². The van der Waals surface area contributed by atoms with Crippen LogP contribution in [-0.2, 0) is 16.9 Å². The molecule has 0 aromatic carbocycles. The Morgan fingerprint density at radius 3 is 3.10 bits per heavy atom. The van der Waals surface area contributed by atoms with Gasteiger partial charge in [0.25, 0.3) is 0 Å². The molecule has 0 radical (unpaired) electrons. The molecule has 20 heavy (non-hydrogen) atoms. The van der Waals surface area contributed by atoms with Crippen molar-refractivity contribution < 1.29 is 4.74 Å². The molecule has 8 heteroatoms. The third-order valence-electron chi connectivity index (χ3n) is 2.40. The van der Waals surface area contributed by atoms with Gasteiger partial charge in [-0.3, -0.25) is 0 Å². The zero-order valence-electron chi connectivity index (χ0n) is 11.6. The lowest BCUT2D eigenvalue weighted by atomic mass is 10.3. The predicted molar refractivity (Wildman–Crippen MR) is 85.9 cm³/mol. The van der Waals surface area contributed by atoms with E-state index in [-0.39, 0.29) is 0 Å². The molecule has 0 amide bonds. The van der Waals surface area contributed by atoms with E-state index in [0.717, 1.165) is 40.3 Å². The number of anilines is 1. The fraction of sp³-hybridized carbons (Fsp3) is 0.583. The van der Waals surface area contributed by atoms with Crippen LogP contribution in [0.5, 0.6) is 0 Å². The second-order valence-electron chi connectivity index (χ2n) is 4.06. The number of ether oxygens (including phenoxy) is 1. The van der Waals surface area contributed by atoms with Gasteiger partial charge in [-0.1, -0.05) is 30.0 Å². The van der Waals surface area contributed by atoms with Gasteiger partial charge in [0.05, 0.1) is 17.3 Å². The Hall–Kier alpha value is -0.700. The van der Waals surface area contributed by atoms with Crippen LogP contribution in [0.15, 0.2) is 9.72 Å². The van der Waals surface area contributed by atoms with Crippen molar-refractivity contribution in [2.45, 2.75) is 29.9 Å². The number of nitrogens with one attached hydrogen (secondary N) is 1. The van der Waals surface area contributed by atoms with Gasteiger partial charge in [-0.15, -0.1) is 21.5 Å². The van der Waals surface area contributed by atoms with Crippen LogP contribution in [0.3, 0.4) is 0 Å². The number of aromatic nitrogens is 3. The van der Waals surface area contributed by atoms with Crippen LogP contribution in [0.25, 0.3) is 0 Å². The maximum atomic E-state index is 4.98. The first-order chi connectivity index (χ1) is 9.81. The Kier molecular flexibility index (Phi) is 6.71. The third-order valence-corrected chi connectivity index (χ3v) is 5.40. The van der Waals surface area contributed by atoms with E-state index in [1.165, 1.54) is 5.01 Å². The highest BCUT2D eigenvalue weighted by Crippen LogP contribution is 2.28. The molecule has 0 atom stereocenters. The van der Waals surface area contributed by atoms with Gasteiger partial charge in [-0.05, 0) is 12.8 Å². The van der Waals surface area contributed by atoms with Crippen LogP contribution >= 0.6 is 34.4 Å². The summed E-state index contributed by atoms with van der Waals surface area (Å²) in [5.74, 6) is 0.854. The Morgan fingerprint density at radius 1 is 1.40 bits per heavy atom. The predicted octanol–water partition coefficient (Wildman–Crippen LogP) is 3.30. The van der Waals surface area contributed by atoms with E-state index in [9.17, 15) is 0 Å². The molecular formula is C12H18N4OS3. The van der Waals surface area contributed by atoms with Gasteiger partial charge in [0.1, 0.15) is 0 Å². The van der Waals surface area contributed by atoms with Gasteiger partial charge < -0.3 is 10.1 Å². The van der Waals surface area contributed by atoms with Crippen LogP contribution in [0.4, 0.5) is 5.13 Å². The van der Waals surface area contributed by atoms with Crippen molar-refractivity contribution in [1.82, 2.24) is 15.2 Å². The molecule has 1 N–H and O–H groups in total.